The van der Waals surface area contributed by atoms with Crippen LogP contribution in [-0.2, 0) is 9.53 Å². The van der Waals surface area contributed by atoms with Crippen LogP contribution in [0, 0.1) is 5.41 Å². The highest BCUT2D eigenvalue weighted by atomic mass is 16.5. The molecule has 2 atom stereocenters. The van der Waals surface area contributed by atoms with Crippen molar-refractivity contribution in [3.05, 3.63) is 71.8 Å². The van der Waals surface area contributed by atoms with Crippen LogP contribution in [0.25, 0.3) is 6.08 Å². The number of nitrogens with zero attached hydrogens (tertiary/aromatic N) is 1. The number of aliphatic hydroxyl groups excluding tert-OH is 1. The van der Waals surface area contributed by atoms with Crippen molar-refractivity contribution in [2.24, 2.45) is 10.4 Å². The van der Waals surface area contributed by atoms with Gasteiger partial charge in [-0.05, 0) is 48.6 Å². The molecular formula is C29H39N3O4. The van der Waals surface area contributed by atoms with E-state index in [1.807, 2.05) is 73.7 Å². The predicted octanol–water partition coefficient (Wildman–Crippen LogP) is 4.51. The second kappa shape index (κ2) is 12.7. The van der Waals surface area contributed by atoms with Gasteiger partial charge < -0.3 is 14.6 Å². The number of hydrazine groups is 1. The molecule has 0 aliphatic carbocycles. The lowest BCUT2D eigenvalue weighted by atomic mass is 9.89. The molecule has 3 rings (SSSR count). The minimum atomic E-state index is -1.11. The molecule has 194 valence electrons. The van der Waals surface area contributed by atoms with Crippen LogP contribution in [0.3, 0.4) is 0 Å². The summed E-state index contributed by atoms with van der Waals surface area (Å²) in [5.41, 5.74) is 6.85. The molecule has 0 fully saturated rings. The average Bonchev–Trinajstić information content (AvgIpc) is 3.19. The van der Waals surface area contributed by atoms with Gasteiger partial charge in [0, 0.05) is 31.6 Å². The molecular weight excluding hydrogens is 454 g/mol. The smallest absolute Gasteiger partial charge is 0.266 e. The fraction of sp³-hybridized carbons (Fsp3) is 0.448. The third-order valence-electron chi connectivity index (χ3n) is 6.07. The summed E-state index contributed by atoms with van der Waals surface area (Å²) >= 11 is 0. The highest BCUT2D eigenvalue weighted by Gasteiger charge is 2.49. The molecule has 1 aliphatic heterocycles. The Morgan fingerprint density at radius 1 is 1.17 bits per heavy atom. The number of nitrogens with one attached hydrogen (secondary N) is 2. The van der Waals surface area contributed by atoms with E-state index >= 15 is 0 Å². The Balaban J connectivity index is 1.79. The van der Waals surface area contributed by atoms with Gasteiger partial charge in [-0.2, -0.15) is 0 Å². The lowest BCUT2D eigenvalue weighted by Crippen LogP contribution is -2.54. The van der Waals surface area contributed by atoms with Gasteiger partial charge >= 0.3 is 0 Å². The number of aliphatic hydroxyl groups is 1. The first-order valence-electron chi connectivity index (χ1n) is 12.6. The summed E-state index contributed by atoms with van der Waals surface area (Å²) in [6.07, 6.45) is 5.41. The molecule has 7 heteroatoms. The van der Waals surface area contributed by atoms with Crippen molar-refractivity contribution < 1.29 is 19.4 Å². The van der Waals surface area contributed by atoms with Gasteiger partial charge in [-0.1, -0.05) is 63.3 Å². The fourth-order valence-electron chi connectivity index (χ4n) is 3.81. The lowest BCUT2D eigenvalue weighted by Gasteiger charge is -2.27. The summed E-state index contributed by atoms with van der Waals surface area (Å²) in [6.45, 7) is 9.58. The third-order valence-corrected chi connectivity index (χ3v) is 6.07. The molecule has 2 aromatic carbocycles. The minimum absolute atomic E-state index is 0.0918. The van der Waals surface area contributed by atoms with E-state index in [2.05, 4.69) is 31.6 Å². The zero-order chi connectivity index (χ0) is 26.0. The number of benzene rings is 2. The maximum absolute atomic E-state index is 13.5. The first kappa shape index (κ1) is 27.4. The molecule has 1 aliphatic rings. The highest BCUT2D eigenvalue weighted by Crippen LogP contribution is 2.33. The van der Waals surface area contributed by atoms with Crippen LogP contribution >= 0.6 is 0 Å². The molecule has 0 saturated heterocycles. The van der Waals surface area contributed by atoms with Crippen LogP contribution in [0.2, 0.25) is 0 Å². The normalized spacial score (nSPS) is 19.7. The second-order valence-corrected chi connectivity index (χ2v) is 10.3. The molecule has 1 heterocycles. The SMILES string of the molecule is C[C@@H]1OC(c2ccc(OCCCO)cc2)=N[C@]1(C/C=C/c1ccccc1)C(=O)NNCCC(C)(C)C. The number of amides is 1. The Morgan fingerprint density at radius 3 is 2.56 bits per heavy atom. The van der Waals surface area contributed by atoms with Crippen molar-refractivity contribution in [1.29, 1.82) is 0 Å². The zero-order valence-electron chi connectivity index (χ0n) is 21.8. The van der Waals surface area contributed by atoms with Crippen LogP contribution < -0.4 is 15.6 Å². The molecule has 0 radical (unpaired) electrons. The van der Waals surface area contributed by atoms with Crippen molar-refractivity contribution >= 4 is 17.9 Å². The largest absolute Gasteiger partial charge is 0.494 e. The third kappa shape index (κ3) is 7.67. The number of hydrogen-bond donors (Lipinski definition) is 3. The van der Waals surface area contributed by atoms with Gasteiger partial charge in [0.25, 0.3) is 5.91 Å². The van der Waals surface area contributed by atoms with Crippen LogP contribution in [0.1, 0.15) is 58.1 Å². The molecule has 36 heavy (non-hydrogen) atoms. The summed E-state index contributed by atoms with van der Waals surface area (Å²) in [7, 11) is 0. The highest BCUT2D eigenvalue weighted by molar-refractivity contribution is 6.00. The van der Waals surface area contributed by atoms with Crippen LogP contribution in [0.15, 0.2) is 65.7 Å². The van der Waals surface area contributed by atoms with Crippen molar-refractivity contribution in [1.82, 2.24) is 10.9 Å². The number of rotatable bonds is 12. The topological polar surface area (TPSA) is 92.2 Å². The first-order chi connectivity index (χ1) is 17.2. The lowest BCUT2D eigenvalue weighted by molar-refractivity contribution is -0.129. The molecule has 0 spiro atoms. The average molecular weight is 494 g/mol. The molecule has 3 N–H and O–H groups in total. The monoisotopic (exact) mass is 493 g/mol. The summed E-state index contributed by atoms with van der Waals surface area (Å²) in [5, 5.41) is 8.93. The summed E-state index contributed by atoms with van der Waals surface area (Å²) in [5.74, 6) is 0.916. The maximum atomic E-state index is 13.5. The molecule has 0 bridgehead atoms. The van der Waals surface area contributed by atoms with Crippen molar-refractivity contribution in [3.63, 3.8) is 0 Å². The number of aliphatic imine (C=N–C) groups is 1. The quantitative estimate of drug-likeness (QED) is 0.299. The number of carbonyl (C=O) groups is 1. The van der Waals surface area contributed by atoms with E-state index in [4.69, 9.17) is 19.6 Å². The van der Waals surface area contributed by atoms with E-state index in [0.29, 0.717) is 37.6 Å². The predicted molar refractivity (Wildman–Crippen MR) is 144 cm³/mol. The van der Waals surface area contributed by atoms with Crippen LogP contribution in [0.4, 0.5) is 0 Å². The molecule has 2 aromatic rings. The Labute approximate surface area is 214 Å². The second-order valence-electron chi connectivity index (χ2n) is 10.3. The first-order valence-corrected chi connectivity index (χ1v) is 12.6. The van der Waals surface area contributed by atoms with Crippen LogP contribution in [-0.4, -0.2) is 48.3 Å². The van der Waals surface area contributed by atoms with E-state index < -0.39 is 11.6 Å². The fourth-order valence-corrected chi connectivity index (χ4v) is 3.81. The molecule has 7 nitrogen and oxygen atoms in total. The Bertz CT molecular complexity index is 1030. The summed E-state index contributed by atoms with van der Waals surface area (Å²) < 4.78 is 11.8. The van der Waals surface area contributed by atoms with Gasteiger partial charge in [-0.25, -0.2) is 10.4 Å². The molecule has 1 amide bonds. The van der Waals surface area contributed by atoms with E-state index in [9.17, 15) is 4.79 Å². The Hall–Kier alpha value is -3.16. The van der Waals surface area contributed by atoms with E-state index in [0.717, 1.165) is 17.5 Å². The van der Waals surface area contributed by atoms with Gasteiger partial charge in [0.05, 0.1) is 6.61 Å². The number of hydrogen-bond acceptors (Lipinski definition) is 6. The minimum Gasteiger partial charge on any atom is -0.494 e. The van der Waals surface area contributed by atoms with Gasteiger partial charge in [0.15, 0.2) is 5.54 Å². The molecule has 0 saturated carbocycles. The van der Waals surface area contributed by atoms with Crippen molar-refractivity contribution in [3.8, 4) is 5.75 Å². The van der Waals surface area contributed by atoms with Gasteiger partial charge in [-0.15, -0.1) is 0 Å². The van der Waals surface area contributed by atoms with E-state index in [1.165, 1.54) is 0 Å². The van der Waals surface area contributed by atoms with Gasteiger partial charge in [0.2, 0.25) is 5.90 Å². The zero-order valence-corrected chi connectivity index (χ0v) is 21.8. The van der Waals surface area contributed by atoms with E-state index in [-0.39, 0.29) is 17.9 Å². The van der Waals surface area contributed by atoms with Gasteiger partial charge in [-0.3, -0.25) is 10.2 Å². The van der Waals surface area contributed by atoms with Crippen molar-refractivity contribution in [2.75, 3.05) is 19.8 Å². The Morgan fingerprint density at radius 2 is 1.89 bits per heavy atom. The Kier molecular flexibility index (Phi) is 9.67. The summed E-state index contributed by atoms with van der Waals surface area (Å²) in [6, 6.07) is 17.4. The van der Waals surface area contributed by atoms with Crippen LogP contribution in [0.5, 0.6) is 5.75 Å². The standard InChI is InChI=1S/C29H39N3O4/c1-22-29(17-8-12-23-10-6-5-7-11-23,27(34)32-30-19-18-28(2,3)4)31-26(36-22)24-13-15-25(16-14-24)35-21-9-20-33/h5-8,10-16,22,30,33H,9,17-21H2,1-4H3,(H,32,34)/b12-8+/t22-,29-/m0/s1. The number of ether oxygens (including phenoxy) is 2. The van der Waals surface area contributed by atoms with Crippen molar-refractivity contribution in [2.45, 2.75) is 58.6 Å². The summed E-state index contributed by atoms with van der Waals surface area (Å²) in [4.78, 5) is 18.3. The molecule has 0 unspecified atom stereocenters. The maximum Gasteiger partial charge on any atom is 0.266 e. The van der Waals surface area contributed by atoms with Gasteiger partial charge in [0.1, 0.15) is 11.9 Å². The van der Waals surface area contributed by atoms with E-state index in [1.54, 1.807) is 0 Å². The molecule has 0 aromatic heterocycles. The number of carbonyl (C=O) groups excluding carboxylic acids is 1.